The number of methoxy groups -OCH3 is 1. The van der Waals surface area contributed by atoms with Crippen molar-refractivity contribution >= 4 is 69.0 Å². The molecule has 50 heavy (non-hydrogen) atoms. The van der Waals surface area contributed by atoms with E-state index in [0.29, 0.717) is 23.6 Å². The van der Waals surface area contributed by atoms with E-state index < -0.39 is 7.92 Å². The average molecular weight is 760 g/mol. The molecule has 0 radical (unpaired) electrons. The molecule has 2 N–H and O–H groups in total. The van der Waals surface area contributed by atoms with E-state index >= 15 is 0 Å². The number of nitrogens with one attached hydrogen (secondary N) is 2. The van der Waals surface area contributed by atoms with Crippen LogP contribution in [-0.4, -0.2) is 99.5 Å². The Morgan fingerprint density at radius 1 is 0.960 bits per heavy atom. The summed E-state index contributed by atoms with van der Waals surface area (Å²) < 4.78 is 14.6. The van der Waals surface area contributed by atoms with Crippen molar-refractivity contribution in [2.24, 2.45) is 7.05 Å². The Kier molecular flexibility index (Phi) is 10.2. The second-order valence-electron chi connectivity index (χ2n) is 13.3. The highest BCUT2D eigenvalue weighted by atomic mass is 79.9. The number of anilines is 5. The van der Waals surface area contributed by atoms with E-state index in [1.165, 1.54) is 0 Å². The highest BCUT2D eigenvalue weighted by Gasteiger charge is 2.31. The molecule has 0 bridgehead atoms. The van der Waals surface area contributed by atoms with Crippen molar-refractivity contribution in [2.45, 2.75) is 44.9 Å². The highest BCUT2D eigenvalue weighted by Crippen LogP contribution is 2.42. The maximum Gasteiger partial charge on any atom is 0.229 e. The summed E-state index contributed by atoms with van der Waals surface area (Å²) in [6.07, 6.45) is 11.9. The van der Waals surface area contributed by atoms with E-state index in [2.05, 4.69) is 102 Å². The van der Waals surface area contributed by atoms with Gasteiger partial charge in [0.05, 0.1) is 46.7 Å². The molecule has 7 rings (SSSR count). The van der Waals surface area contributed by atoms with Crippen molar-refractivity contribution in [3.63, 3.8) is 0 Å². The van der Waals surface area contributed by atoms with E-state index in [1.54, 1.807) is 25.7 Å². The first-order valence-electron chi connectivity index (χ1n) is 17.0. The van der Waals surface area contributed by atoms with E-state index in [9.17, 15) is 0 Å². The Hall–Kier alpha value is -3.90. The van der Waals surface area contributed by atoms with Crippen molar-refractivity contribution in [3.8, 4) is 16.9 Å². The number of nitrogens with zero attached hydrogens (tertiary/aromatic N) is 8. The Labute approximate surface area is 302 Å². The van der Waals surface area contributed by atoms with Gasteiger partial charge in [0.25, 0.3) is 0 Å². The van der Waals surface area contributed by atoms with Gasteiger partial charge in [0, 0.05) is 97.9 Å². The number of hydrogen-bond acceptors (Lipinski definition) is 11. The molecule has 2 saturated heterocycles. The van der Waals surface area contributed by atoms with Crippen LogP contribution in [0.25, 0.3) is 22.2 Å². The highest BCUT2D eigenvalue weighted by molar-refractivity contribution is 9.10. The van der Waals surface area contributed by atoms with Crippen LogP contribution in [0.15, 0.2) is 59.7 Å². The smallest absolute Gasteiger partial charge is 0.229 e. The summed E-state index contributed by atoms with van der Waals surface area (Å²) in [5.74, 6) is 1.79. The molecule has 12 nitrogen and oxygen atoms in total. The first-order valence-corrected chi connectivity index (χ1v) is 20.0. The van der Waals surface area contributed by atoms with Gasteiger partial charge < -0.3 is 25.0 Å². The zero-order valence-corrected chi connectivity index (χ0v) is 31.9. The van der Waals surface area contributed by atoms with Crippen LogP contribution in [0.5, 0.6) is 5.75 Å². The normalized spacial score (nSPS) is 18.9. The molecule has 0 spiro atoms. The van der Waals surface area contributed by atoms with Crippen molar-refractivity contribution in [1.29, 1.82) is 0 Å². The Morgan fingerprint density at radius 3 is 2.42 bits per heavy atom. The number of benzene rings is 2. The van der Waals surface area contributed by atoms with Gasteiger partial charge in [-0.15, -0.1) is 0 Å². The Balaban J connectivity index is 1.17. The van der Waals surface area contributed by atoms with Crippen LogP contribution in [0.1, 0.15) is 26.7 Å². The third-order valence-corrected chi connectivity index (χ3v) is 11.3. The molecule has 5 aromatic rings. The average Bonchev–Trinajstić information content (AvgIpc) is 3.54. The summed E-state index contributed by atoms with van der Waals surface area (Å²) >= 11 is 3.66. The first-order chi connectivity index (χ1) is 24.2. The quantitative estimate of drug-likeness (QED) is 0.160. The Morgan fingerprint density at radius 2 is 1.72 bits per heavy atom. The molecule has 2 aromatic carbocycles. The van der Waals surface area contributed by atoms with Crippen LogP contribution >= 0.6 is 23.9 Å². The van der Waals surface area contributed by atoms with Crippen LogP contribution in [0.4, 0.5) is 28.8 Å². The van der Waals surface area contributed by atoms with Crippen LogP contribution < -0.4 is 25.6 Å². The number of piperidine rings is 1. The summed E-state index contributed by atoms with van der Waals surface area (Å²) in [4.78, 5) is 23.8. The van der Waals surface area contributed by atoms with Gasteiger partial charge in [0.2, 0.25) is 5.95 Å². The lowest BCUT2D eigenvalue weighted by Gasteiger charge is -2.44. The van der Waals surface area contributed by atoms with Gasteiger partial charge in [-0.05, 0) is 74.1 Å². The van der Waals surface area contributed by atoms with Crippen LogP contribution in [-0.2, 0) is 11.8 Å². The number of fused-ring (bicyclic) bond motifs is 1. The predicted molar refractivity (Wildman–Crippen MR) is 206 cm³/mol. The van der Waals surface area contributed by atoms with Gasteiger partial charge in [-0.25, -0.2) is 4.98 Å². The maximum absolute atomic E-state index is 6.01. The van der Waals surface area contributed by atoms with E-state index in [-0.39, 0.29) is 12.2 Å². The fraction of sp³-hybridized carbons (Fsp3) is 0.417. The molecule has 14 heteroatoms. The van der Waals surface area contributed by atoms with E-state index in [4.69, 9.17) is 14.5 Å². The van der Waals surface area contributed by atoms with Crippen LogP contribution in [0, 0.1) is 0 Å². The topological polar surface area (TPSA) is 118 Å². The largest absolute Gasteiger partial charge is 0.494 e. The standard InChI is InChI=1S/C36H44BrN10O2P/c1-22-19-47(20-23(2)49-22)25-9-13-46(14-10-25)31-16-32(48-4)30(15-26(31)24-17-41-45(3)21-24)43-36-40-18-27(37)35(44-36)42-29-8-7-28-33(34(29)50(5)6)39-12-11-38-28/h7-8,11-12,15-18,21-23,25H,9-10,13-14,19-20H2,1-6H3,(H2,40,42,43,44). The van der Waals surface area contributed by atoms with Gasteiger partial charge in [0.15, 0.2) is 0 Å². The number of halogens is 1. The third kappa shape index (κ3) is 7.28. The summed E-state index contributed by atoms with van der Waals surface area (Å²) in [6, 6.07) is 8.85. The van der Waals surface area contributed by atoms with Gasteiger partial charge in [-0.2, -0.15) is 10.1 Å². The minimum Gasteiger partial charge on any atom is -0.494 e. The molecule has 2 aliphatic heterocycles. The lowest BCUT2D eigenvalue weighted by atomic mass is 9.98. The molecule has 0 amide bonds. The van der Waals surface area contributed by atoms with Gasteiger partial charge in [-0.3, -0.25) is 19.5 Å². The van der Waals surface area contributed by atoms with Crippen LogP contribution in [0.3, 0.4) is 0 Å². The van der Waals surface area contributed by atoms with E-state index in [1.807, 2.05) is 30.1 Å². The molecular formula is C36H44BrN10O2P. The molecule has 2 aliphatic rings. The molecule has 2 fully saturated rings. The molecule has 2 atom stereocenters. The van der Waals surface area contributed by atoms with E-state index in [0.717, 1.165) is 88.0 Å². The minimum atomic E-state index is -0.493. The van der Waals surface area contributed by atoms with Gasteiger partial charge in [-0.1, -0.05) is 7.92 Å². The summed E-state index contributed by atoms with van der Waals surface area (Å²) in [5, 5.41) is 12.6. The van der Waals surface area contributed by atoms with Crippen molar-refractivity contribution in [1.82, 2.24) is 34.6 Å². The molecule has 262 valence electrons. The fourth-order valence-corrected chi connectivity index (χ4v) is 8.71. The second-order valence-corrected chi connectivity index (χ2v) is 16.4. The molecular weight excluding hydrogens is 715 g/mol. The zero-order valence-electron chi connectivity index (χ0n) is 29.4. The number of aryl methyl sites for hydroxylation is 1. The molecule has 5 heterocycles. The zero-order chi connectivity index (χ0) is 34.9. The number of morpholine rings is 1. The molecule has 2 unspecified atom stereocenters. The SMILES string of the molecule is COc1cc(N2CCC(N3CC(C)OC(C)C3)CC2)c(-c2cnn(C)c2)cc1Nc1ncc(Br)c(Nc2ccc3nccnc3c2P(C)C)n1. The van der Waals surface area contributed by atoms with Crippen LogP contribution in [0.2, 0.25) is 0 Å². The van der Waals surface area contributed by atoms with Crippen molar-refractivity contribution in [3.05, 3.63) is 59.7 Å². The molecule has 3 aromatic heterocycles. The predicted octanol–water partition coefficient (Wildman–Crippen LogP) is 6.52. The van der Waals surface area contributed by atoms with Crippen molar-refractivity contribution < 1.29 is 9.47 Å². The lowest BCUT2D eigenvalue weighted by Crippen LogP contribution is -2.53. The minimum absolute atomic E-state index is 0.270. The summed E-state index contributed by atoms with van der Waals surface area (Å²) in [7, 11) is 3.15. The number of ether oxygens (including phenoxy) is 2. The second kappa shape index (κ2) is 14.8. The lowest BCUT2D eigenvalue weighted by molar-refractivity contribution is -0.0826. The molecule has 0 aliphatic carbocycles. The molecule has 0 saturated carbocycles. The van der Waals surface area contributed by atoms with Crippen molar-refractivity contribution in [2.75, 3.05) is 62.2 Å². The van der Waals surface area contributed by atoms with Gasteiger partial charge >= 0.3 is 0 Å². The summed E-state index contributed by atoms with van der Waals surface area (Å²) in [5.41, 5.74) is 6.73. The number of aromatic nitrogens is 6. The van der Waals surface area contributed by atoms with Gasteiger partial charge in [0.1, 0.15) is 11.6 Å². The third-order valence-electron chi connectivity index (χ3n) is 9.41. The number of hydrogen-bond donors (Lipinski definition) is 2. The maximum atomic E-state index is 6.01. The monoisotopic (exact) mass is 758 g/mol. The first kappa shape index (κ1) is 34.5. The summed E-state index contributed by atoms with van der Waals surface area (Å²) in [6.45, 7) is 12.7. The fourth-order valence-electron chi connectivity index (χ4n) is 7.22. The number of rotatable bonds is 9. The Bertz CT molecular complexity index is 1970.